The van der Waals surface area contributed by atoms with Crippen molar-refractivity contribution in [3.05, 3.63) is 35.4 Å². The minimum Gasteiger partial charge on any atom is -0.347 e. The van der Waals surface area contributed by atoms with Crippen LogP contribution in [-0.4, -0.2) is 24.9 Å². The number of hydrogen-bond donors (Lipinski definition) is 0. The van der Waals surface area contributed by atoms with Crippen LogP contribution < -0.4 is 0 Å². The predicted molar refractivity (Wildman–Crippen MR) is 53.6 cm³/mol. The van der Waals surface area contributed by atoms with Crippen molar-refractivity contribution in [2.24, 2.45) is 0 Å². The third kappa shape index (κ3) is 2.89. The highest BCUT2D eigenvalue weighted by Gasteiger charge is 2.20. The van der Waals surface area contributed by atoms with E-state index in [4.69, 9.17) is 11.6 Å². The molecule has 1 unspecified atom stereocenters. The van der Waals surface area contributed by atoms with Gasteiger partial charge in [-0.1, -0.05) is 0 Å². The molecule has 1 amide bonds. The van der Waals surface area contributed by atoms with Gasteiger partial charge in [0.05, 0.1) is 0 Å². The van der Waals surface area contributed by atoms with Crippen molar-refractivity contribution >= 4 is 17.5 Å². The third-order valence-electron chi connectivity index (χ3n) is 1.84. The first-order valence-electron chi connectivity index (χ1n) is 4.23. The molecule has 0 bridgehead atoms. The normalized spacial score (nSPS) is 12.3. The van der Waals surface area contributed by atoms with Crippen LogP contribution in [0.25, 0.3) is 0 Å². The first-order valence-corrected chi connectivity index (χ1v) is 4.66. The van der Waals surface area contributed by atoms with Gasteiger partial charge in [-0.15, -0.1) is 11.6 Å². The fourth-order valence-corrected chi connectivity index (χ4v) is 1.41. The van der Waals surface area contributed by atoms with Crippen molar-refractivity contribution in [3.63, 3.8) is 0 Å². The van der Waals surface area contributed by atoms with Gasteiger partial charge in [0.2, 0.25) is 5.91 Å². The second kappa shape index (κ2) is 4.57. The summed E-state index contributed by atoms with van der Waals surface area (Å²) >= 11 is 5.77. The van der Waals surface area contributed by atoms with Crippen LogP contribution in [0.1, 0.15) is 10.9 Å². The molecule has 0 saturated carbocycles. The predicted octanol–water partition coefficient (Wildman–Crippen LogP) is 2.33. The standard InChI is InChI=1S/C10H10ClF2NO/c1-14(2)10(15)9(11)6-3-7(12)5-8(13)4-6/h3-5,9H,1-2H3. The Morgan fingerprint density at radius 3 is 2.13 bits per heavy atom. The van der Waals surface area contributed by atoms with Gasteiger partial charge in [-0.25, -0.2) is 8.78 Å². The van der Waals surface area contributed by atoms with Crippen LogP contribution in [0.4, 0.5) is 8.78 Å². The molecule has 0 spiro atoms. The van der Waals surface area contributed by atoms with E-state index >= 15 is 0 Å². The summed E-state index contributed by atoms with van der Waals surface area (Å²) in [6.07, 6.45) is 0. The van der Waals surface area contributed by atoms with Gasteiger partial charge >= 0.3 is 0 Å². The van der Waals surface area contributed by atoms with Crippen LogP contribution in [0.5, 0.6) is 0 Å². The number of nitrogens with zero attached hydrogens (tertiary/aromatic N) is 1. The van der Waals surface area contributed by atoms with E-state index in [0.717, 1.165) is 18.2 Å². The molecule has 5 heteroatoms. The SMILES string of the molecule is CN(C)C(=O)C(Cl)c1cc(F)cc(F)c1. The molecular formula is C10H10ClF2NO. The number of carbonyl (C=O) groups is 1. The lowest BCUT2D eigenvalue weighted by atomic mass is 10.1. The van der Waals surface area contributed by atoms with Gasteiger partial charge in [0.15, 0.2) is 0 Å². The molecule has 0 heterocycles. The Hall–Kier alpha value is -1.16. The van der Waals surface area contributed by atoms with E-state index in [2.05, 4.69) is 0 Å². The molecule has 2 nitrogen and oxygen atoms in total. The first kappa shape index (κ1) is 11.9. The van der Waals surface area contributed by atoms with Crippen molar-refractivity contribution in [3.8, 4) is 0 Å². The summed E-state index contributed by atoms with van der Waals surface area (Å²) in [6, 6.07) is 2.82. The van der Waals surface area contributed by atoms with E-state index in [0.29, 0.717) is 0 Å². The first-order chi connectivity index (χ1) is 6.91. The van der Waals surface area contributed by atoms with Crippen LogP contribution in [0.2, 0.25) is 0 Å². The van der Waals surface area contributed by atoms with E-state index in [-0.39, 0.29) is 5.56 Å². The Morgan fingerprint density at radius 2 is 1.73 bits per heavy atom. The number of hydrogen-bond acceptors (Lipinski definition) is 1. The van der Waals surface area contributed by atoms with Gasteiger partial charge in [0, 0.05) is 20.2 Å². The molecule has 0 aliphatic heterocycles. The molecule has 0 saturated heterocycles. The molecule has 1 rings (SSSR count). The Morgan fingerprint density at radius 1 is 1.27 bits per heavy atom. The summed E-state index contributed by atoms with van der Waals surface area (Å²) in [5.41, 5.74) is 0.118. The molecule has 0 aliphatic rings. The second-order valence-electron chi connectivity index (χ2n) is 3.30. The molecule has 0 fully saturated rings. The summed E-state index contributed by atoms with van der Waals surface area (Å²) < 4.78 is 25.7. The Balaban J connectivity index is 3.00. The van der Waals surface area contributed by atoms with Gasteiger partial charge in [-0.3, -0.25) is 4.79 Å². The fourth-order valence-electron chi connectivity index (χ4n) is 1.09. The molecular weight excluding hydrogens is 224 g/mol. The fraction of sp³-hybridized carbons (Fsp3) is 0.300. The maximum absolute atomic E-state index is 12.8. The van der Waals surface area contributed by atoms with E-state index in [1.165, 1.54) is 19.0 Å². The number of alkyl halides is 1. The molecule has 0 aliphatic carbocycles. The number of benzene rings is 1. The highest BCUT2D eigenvalue weighted by Crippen LogP contribution is 2.23. The van der Waals surface area contributed by atoms with Crippen molar-refractivity contribution < 1.29 is 13.6 Å². The lowest BCUT2D eigenvalue weighted by Crippen LogP contribution is -2.25. The number of likely N-dealkylation sites (N-methyl/N-ethyl adjacent to an activating group) is 1. The van der Waals surface area contributed by atoms with E-state index in [1.807, 2.05) is 0 Å². The summed E-state index contributed by atoms with van der Waals surface area (Å²) in [5.74, 6) is -1.91. The molecule has 1 aromatic carbocycles. The Kier molecular flexibility index (Phi) is 3.63. The summed E-state index contributed by atoms with van der Waals surface area (Å²) in [6.45, 7) is 0. The maximum Gasteiger partial charge on any atom is 0.244 e. The molecule has 1 aromatic rings. The highest BCUT2D eigenvalue weighted by atomic mass is 35.5. The smallest absolute Gasteiger partial charge is 0.244 e. The van der Waals surface area contributed by atoms with Crippen molar-refractivity contribution in [1.82, 2.24) is 4.90 Å². The average molecular weight is 234 g/mol. The quantitative estimate of drug-likeness (QED) is 0.718. The summed E-state index contributed by atoms with van der Waals surface area (Å²) in [5, 5.41) is -1.06. The Labute approximate surface area is 91.4 Å². The third-order valence-corrected chi connectivity index (χ3v) is 2.27. The molecule has 0 radical (unpaired) electrons. The van der Waals surface area contributed by atoms with Crippen LogP contribution in [0.15, 0.2) is 18.2 Å². The zero-order chi connectivity index (χ0) is 11.6. The van der Waals surface area contributed by atoms with Gasteiger partial charge in [-0.05, 0) is 17.7 Å². The van der Waals surface area contributed by atoms with Crippen LogP contribution in [0.3, 0.4) is 0 Å². The number of halogens is 3. The maximum atomic E-state index is 12.8. The minimum absolute atomic E-state index is 0.118. The van der Waals surface area contributed by atoms with E-state index in [9.17, 15) is 13.6 Å². The molecule has 1 atom stereocenters. The molecule has 0 N–H and O–H groups in total. The van der Waals surface area contributed by atoms with Gasteiger partial charge in [0.1, 0.15) is 17.0 Å². The Bertz CT molecular complexity index is 361. The molecule has 82 valence electrons. The van der Waals surface area contributed by atoms with Crippen LogP contribution >= 0.6 is 11.6 Å². The highest BCUT2D eigenvalue weighted by molar-refractivity contribution is 6.30. The second-order valence-corrected chi connectivity index (χ2v) is 3.73. The number of carbonyl (C=O) groups excluding carboxylic acids is 1. The number of amides is 1. The van der Waals surface area contributed by atoms with Gasteiger partial charge in [-0.2, -0.15) is 0 Å². The van der Waals surface area contributed by atoms with Crippen molar-refractivity contribution in [1.29, 1.82) is 0 Å². The van der Waals surface area contributed by atoms with Gasteiger partial charge in [0.25, 0.3) is 0 Å². The largest absolute Gasteiger partial charge is 0.347 e. The molecule has 15 heavy (non-hydrogen) atoms. The van der Waals surface area contributed by atoms with Crippen LogP contribution in [0, 0.1) is 11.6 Å². The zero-order valence-electron chi connectivity index (χ0n) is 8.30. The molecule has 0 aromatic heterocycles. The zero-order valence-corrected chi connectivity index (χ0v) is 9.05. The van der Waals surface area contributed by atoms with Crippen LogP contribution in [-0.2, 0) is 4.79 Å². The topological polar surface area (TPSA) is 20.3 Å². The lowest BCUT2D eigenvalue weighted by molar-refractivity contribution is -0.128. The van der Waals surface area contributed by atoms with Crippen molar-refractivity contribution in [2.75, 3.05) is 14.1 Å². The average Bonchev–Trinajstić information content (AvgIpc) is 2.13. The lowest BCUT2D eigenvalue weighted by Gasteiger charge is -2.15. The van der Waals surface area contributed by atoms with E-state index < -0.39 is 22.9 Å². The number of rotatable bonds is 2. The van der Waals surface area contributed by atoms with Gasteiger partial charge < -0.3 is 4.90 Å². The summed E-state index contributed by atoms with van der Waals surface area (Å²) in [4.78, 5) is 12.7. The van der Waals surface area contributed by atoms with Crippen molar-refractivity contribution in [2.45, 2.75) is 5.38 Å². The minimum atomic E-state index is -1.06. The monoisotopic (exact) mass is 233 g/mol. The van der Waals surface area contributed by atoms with E-state index in [1.54, 1.807) is 0 Å². The summed E-state index contributed by atoms with van der Waals surface area (Å²) in [7, 11) is 3.04.